The molecule has 11 heteroatoms. The molecule has 0 unspecified atom stereocenters. The number of nitro benzene ring substituents is 1. The fourth-order valence-corrected chi connectivity index (χ4v) is 3.42. The molecular weight excluding hydrogens is 500 g/mol. The van der Waals surface area contributed by atoms with Crippen molar-refractivity contribution in [3.05, 3.63) is 104 Å². The molecule has 3 N–H and O–H groups in total. The summed E-state index contributed by atoms with van der Waals surface area (Å²) in [7, 11) is 1.30. The Kier molecular flexibility index (Phi) is 8.59. The molecule has 190 valence electrons. The highest BCUT2D eigenvalue weighted by atomic mass is 35.5. The first-order chi connectivity index (χ1) is 17.6. The zero-order valence-electron chi connectivity index (χ0n) is 20.1. The first-order valence-corrected chi connectivity index (χ1v) is 11.2. The molecule has 37 heavy (non-hydrogen) atoms. The highest BCUT2D eigenvalue weighted by Crippen LogP contribution is 2.28. The molecule has 3 aromatic carbocycles. The zero-order chi connectivity index (χ0) is 27.1. The van der Waals surface area contributed by atoms with Crippen LogP contribution >= 0.6 is 11.6 Å². The first-order valence-electron chi connectivity index (χ1n) is 10.8. The van der Waals surface area contributed by atoms with E-state index < -0.39 is 16.7 Å². The number of aromatic hydroxyl groups is 1. The molecule has 0 aliphatic carbocycles. The number of carbonyl (C=O) groups excluding carboxylic acids is 2. The average Bonchev–Trinajstić information content (AvgIpc) is 2.89. The summed E-state index contributed by atoms with van der Waals surface area (Å²) in [6.07, 6.45) is 1.27. The summed E-state index contributed by atoms with van der Waals surface area (Å²) in [4.78, 5) is 36.6. The molecule has 0 radical (unpaired) electrons. The van der Waals surface area contributed by atoms with Gasteiger partial charge in [0.25, 0.3) is 11.8 Å². The number of hydrogen-bond acceptors (Lipinski definition) is 7. The van der Waals surface area contributed by atoms with E-state index in [2.05, 4.69) is 15.8 Å². The Bertz CT molecular complexity index is 1420. The predicted octanol–water partition coefficient (Wildman–Crippen LogP) is 4.58. The molecule has 2 amide bonds. The summed E-state index contributed by atoms with van der Waals surface area (Å²) < 4.78 is 5.01. The Morgan fingerprint density at radius 3 is 2.49 bits per heavy atom. The summed E-state index contributed by atoms with van der Waals surface area (Å²) in [5, 5.41) is 28.6. The first kappa shape index (κ1) is 26.9. The number of phenolic OH excluding ortho intramolecular Hbond substituents is 1. The molecule has 0 heterocycles. The number of hydrogen-bond donors (Lipinski definition) is 3. The van der Waals surface area contributed by atoms with Crippen LogP contribution in [0.15, 0.2) is 71.5 Å². The van der Waals surface area contributed by atoms with Crippen LogP contribution in [0.5, 0.6) is 11.5 Å². The van der Waals surface area contributed by atoms with E-state index in [9.17, 15) is 24.8 Å². The van der Waals surface area contributed by atoms with Crippen LogP contribution in [-0.2, 0) is 4.79 Å². The minimum absolute atomic E-state index is 0.0401. The summed E-state index contributed by atoms with van der Waals surface area (Å²) in [5.74, 6) is -1.41. The number of nitrogens with zero attached hydrogens (tertiary/aromatic N) is 2. The summed E-state index contributed by atoms with van der Waals surface area (Å²) >= 11 is 6.14. The fourth-order valence-electron chi connectivity index (χ4n) is 3.26. The third kappa shape index (κ3) is 6.71. The molecule has 0 aliphatic heterocycles. The number of hydrazone groups is 1. The maximum absolute atomic E-state index is 13.0. The number of carbonyl (C=O) groups is 2. The van der Waals surface area contributed by atoms with Gasteiger partial charge in [-0.2, -0.15) is 5.10 Å². The van der Waals surface area contributed by atoms with Gasteiger partial charge in [-0.15, -0.1) is 0 Å². The second-order valence-corrected chi connectivity index (χ2v) is 8.23. The SMILES string of the molecule is COc1ccc(/C=C(\NC(=O)c2ccccc2)C(=O)N/N=C(/C)c2cc(Cl)c(C)cc2O)cc1[N+](=O)[O-]. The number of aryl methyl sites for hydroxylation is 1. The van der Waals surface area contributed by atoms with E-state index in [0.29, 0.717) is 21.7 Å². The van der Waals surface area contributed by atoms with Gasteiger partial charge in [0, 0.05) is 22.2 Å². The molecule has 0 bridgehead atoms. The van der Waals surface area contributed by atoms with Gasteiger partial charge in [0.05, 0.1) is 17.7 Å². The average molecular weight is 523 g/mol. The van der Waals surface area contributed by atoms with Crippen LogP contribution in [0.2, 0.25) is 5.02 Å². The third-order valence-electron chi connectivity index (χ3n) is 5.23. The van der Waals surface area contributed by atoms with Crippen LogP contribution in [0.1, 0.15) is 34.0 Å². The van der Waals surface area contributed by atoms with E-state index in [-0.39, 0.29) is 34.2 Å². The smallest absolute Gasteiger partial charge is 0.311 e. The normalized spacial score (nSPS) is 11.6. The minimum Gasteiger partial charge on any atom is -0.507 e. The number of ether oxygens (including phenoxy) is 1. The number of nitrogens with one attached hydrogen (secondary N) is 2. The highest BCUT2D eigenvalue weighted by Gasteiger charge is 2.18. The lowest BCUT2D eigenvalue weighted by atomic mass is 10.1. The lowest BCUT2D eigenvalue weighted by molar-refractivity contribution is -0.385. The second kappa shape index (κ2) is 11.8. The van der Waals surface area contributed by atoms with Crippen molar-refractivity contribution in [3.8, 4) is 11.5 Å². The van der Waals surface area contributed by atoms with Crippen molar-refractivity contribution < 1.29 is 24.4 Å². The van der Waals surface area contributed by atoms with Gasteiger partial charge in [-0.25, -0.2) is 5.43 Å². The van der Waals surface area contributed by atoms with Crippen molar-refractivity contribution in [2.75, 3.05) is 7.11 Å². The van der Waals surface area contributed by atoms with Crippen molar-refractivity contribution in [3.63, 3.8) is 0 Å². The predicted molar refractivity (Wildman–Crippen MR) is 140 cm³/mol. The maximum Gasteiger partial charge on any atom is 0.311 e. The molecular formula is C26H23ClN4O6. The molecule has 10 nitrogen and oxygen atoms in total. The van der Waals surface area contributed by atoms with Crippen molar-refractivity contribution in [1.82, 2.24) is 10.7 Å². The van der Waals surface area contributed by atoms with Gasteiger partial charge >= 0.3 is 5.69 Å². The lowest BCUT2D eigenvalue weighted by Gasteiger charge is -2.11. The molecule has 3 rings (SSSR count). The Morgan fingerprint density at radius 1 is 1.14 bits per heavy atom. The molecule has 3 aromatic rings. The van der Waals surface area contributed by atoms with Crippen LogP contribution < -0.4 is 15.5 Å². The Hall–Kier alpha value is -4.70. The molecule has 0 aromatic heterocycles. The number of halogens is 1. The minimum atomic E-state index is -0.806. The van der Waals surface area contributed by atoms with E-state index in [4.69, 9.17) is 16.3 Å². The van der Waals surface area contributed by atoms with Gasteiger partial charge < -0.3 is 15.2 Å². The Morgan fingerprint density at radius 2 is 1.84 bits per heavy atom. The number of benzene rings is 3. The quantitative estimate of drug-likeness (QED) is 0.171. The highest BCUT2D eigenvalue weighted by molar-refractivity contribution is 6.31. The fraction of sp³-hybridized carbons (Fsp3) is 0.115. The van der Waals surface area contributed by atoms with E-state index in [1.54, 1.807) is 44.2 Å². The zero-order valence-corrected chi connectivity index (χ0v) is 20.9. The van der Waals surface area contributed by atoms with Gasteiger partial charge in [0.2, 0.25) is 0 Å². The Balaban J connectivity index is 1.96. The van der Waals surface area contributed by atoms with Crippen LogP contribution in [0.25, 0.3) is 6.08 Å². The number of rotatable bonds is 8. The Labute approximate surface area is 217 Å². The third-order valence-corrected chi connectivity index (χ3v) is 5.64. The maximum atomic E-state index is 13.0. The molecule has 0 saturated carbocycles. The second-order valence-electron chi connectivity index (χ2n) is 7.82. The van der Waals surface area contributed by atoms with E-state index >= 15 is 0 Å². The largest absolute Gasteiger partial charge is 0.507 e. The van der Waals surface area contributed by atoms with Gasteiger partial charge in [0.1, 0.15) is 11.4 Å². The van der Waals surface area contributed by atoms with Crippen LogP contribution in [0.4, 0.5) is 5.69 Å². The van der Waals surface area contributed by atoms with Crippen LogP contribution in [0.3, 0.4) is 0 Å². The summed E-state index contributed by atoms with van der Waals surface area (Å²) in [5.41, 5.74) is 3.57. The number of phenols is 1. The number of amides is 2. The van der Waals surface area contributed by atoms with Gasteiger partial charge in [-0.1, -0.05) is 35.9 Å². The monoisotopic (exact) mass is 522 g/mol. The van der Waals surface area contributed by atoms with Crippen molar-refractivity contribution in [2.24, 2.45) is 5.10 Å². The standard InChI is InChI=1S/C26H23ClN4O6/c1-15-11-23(32)19(14-20(15)27)16(2)29-30-26(34)21(28-25(33)18-7-5-4-6-8-18)12-17-9-10-24(37-3)22(13-17)31(35)36/h4-14,32H,1-3H3,(H,28,33)(H,30,34)/b21-12-,29-16-. The van der Waals surface area contributed by atoms with Crippen LogP contribution in [-0.4, -0.2) is 34.7 Å². The molecule has 0 fully saturated rings. The molecule has 0 saturated heterocycles. The van der Waals surface area contributed by atoms with Gasteiger partial charge in [0.15, 0.2) is 5.75 Å². The van der Waals surface area contributed by atoms with E-state index in [1.165, 1.54) is 43.5 Å². The lowest BCUT2D eigenvalue weighted by Crippen LogP contribution is -2.33. The number of methoxy groups -OCH3 is 1. The van der Waals surface area contributed by atoms with E-state index in [1.807, 2.05) is 0 Å². The molecule has 0 atom stereocenters. The van der Waals surface area contributed by atoms with Crippen molar-refractivity contribution in [1.29, 1.82) is 0 Å². The summed E-state index contributed by atoms with van der Waals surface area (Å²) in [6.45, 7) is 3.29. The van der Waals surface area contributed by atoms with Gasteiger partial charge in [-0.05, 0) is 61.4 Å². The molecule has 0 spiro atoms. The van der Waals surface area contributed by atoms with Crippen molar-refractivity contribution in [2.45, 2.75) is 13.8 Å². The number of nitro groups is 1. The topological polar surface area (TPSA) is 143 Å². The van der Waals surface area contributed by atoms with Crippen LogP contribution in [0, 0.1) is 17.0 Å². The van der Waals surface area contributed by atoms with Crippen molar-refractivity contribution >= 4 is 40.9 Å². The molecule has 0 aliphatic rings. The summed E-state index contributed by atoms with van der Waals surface area (Å²) in [6, 6.07) is 15.3. The van der Waals surface area contributed by atoms with E-state index in [0.717, 1.165) is 0 Å². The van der Waals surface area contributed by atoms with Gasteiger partial charge in [-0.3, -0.25) is 19.7 Å².